The van der Waals surface area contributed by atoms with Gasteiger partial charge in [0.15, 0.2) is 0 Å². The lowest BCUT2D eigenvalue weighted by Gasteiger charge is -1.82. The quantitative estimate of drug-likeness (QED) is 0.546. The Labute approximate surface area is 88.4 Å². The molecule has 0 aliphatic carbocycles. The van der Waals surface area contributed by atoms with Crippen molar-refractivity contribution in [3.05, 3.63) is 43.0 Å². The van der Waals surface area contributed by atoms with Crippen LogP contribution in [0.4, 0.5) is 0 Å². The van der Waals surface area contributed by atoms with Gasteiger partial charge in [0.2, 0.25) is 0 Å². The summed E-state index contributed by atoms with van der Waals surface area (Å²) in [6, 6.07) is 8.71. The van der Waals surface area contributed by atoms with E-state index in [4.69, 9.17) is 10.2 Å². The Morgan fingerprint density at radius 3 is 1.87 bits per heavy atom. The smallest absolute Gasteiger partial charge is 0.327 e. The topological polar surface area (TPSA) is 70.1 Å². The van der Waals surface area contributed by atoms with Crippen molar-refractivity contribution in [3.63, 3.8) is 0 Å². The highest BCUT2D eigenvalue weighted by Crippen LogP contribution is 2.02. The third kappa shape index (κ3) is 15.0. The number of hydrogen-bond donors (Lipinski definition) is 2. The Kier molecular flexibility index (Phi) is 7.71. The number of phenolic OH excluding ortho intramolecular Hbond substituents is 1. The first-order valence-corrected chi connectivity index (χ1v) is 4.34. The maximum Gasteiger partial charge on any atom is 0.327 e. The van der Waals surface area contributed by atoms with Gasteiger partial charge in [0.05, 0.1) is 13.2 Å². The Balaban J connectivity index is 0.000000213. The molecule has 2 N–H and O–H groups in total. The van der Waals surface area contributed by atoms with E-state index in [2.05, 4.69) is 11.3 Å². The Hall–Kier alpha value is -1.81. The van der Waals surface area contributed by atoms with Gasteiger partial charge >= 0.3 is 5.97 Å². The molecular weight excluding hydrogens is 196 g/mol. The molecule has 0 bridgehead atoms. The van der Waals surface area contributed by atoms with Gasteiger partial charge in [-0.25, -0.2) is 4.79 Å². The maximum absolute atomic E-state index is 9.25. The molecule has 15 heavy (non-hydrogen) atoms. The fraction of sp³-hybridized carbons (Fsp3) is 0.182. The predicted octanol–water partition coefficient (Wildman–Crippen LogP) is 1.67. The van der Waals surface area contributed by atoms with Gasteiger partial charge in [-0.1, -0.05) is 24.8 Å². The van der Waals surface area contributed by atoms with Gasteiger partial charge in [-0.05, 0) is 12.1 Å². The number of phenols is 1. The van der Waals surface area contributed by atoms with Gasteiger partial charge in [0, 0.05) is 6.08 Å². The SMILES string of the molecule is C1CO1.C=CC(=O)O.Oc1ccccc1. The van der Waals surface area contributed by atoms with Gasteiger partial charge in [-0.15, -0.1) is 0 Å². The van der Waals surface area contributed by atoms with Crippen molar-refractivity contribution in [2.24, 2.45) is 0 Å². The summed E-state index contributed by atoms with van der Waals surface area (Å²) in [6.07, 6.45) is 0.833. The highest BCUT2D eigenvalue weighted by atomic mass is 16.6. The van der Waals surface area contributed by atoms with Crippen LogP contribution in [0.3, 0.4) is 0 Å². The average Bonchev–Trinajstić information content (AvgIpc) is 3.06. The minimum Gasteiger partial charge on any atom is -0.508 e. The van der Waals surface area contributed by atoms with E-state index in [-0.39, 0.29) is 0 Å². The van der Waals surface area contributed by atoms with Gasteiger partial charge in [-0.2, -0.15) is 0 Å². The van der Waals surface area contributed by atoms with Gasteiger partial charge in [-0.3, -0.25) is 0 Å². The van der Waals surface area contributed by atoms with E-state index >= 15 is 0 Å². The second-order valence-electron chi connectivity index (χ2n) is 2.49. The summed E-state index contributed by atoms with van der Waals surface area (Å²) in [7, 11) is 0. The molecule has 82 valence electrons. The molecular formula is C11H14O4. The van der Waals surface area contributed by atoms with E-state index in [0.29, 0.717) is 5.75 Å². The number of benzene rings is 1. The molecule has 2 rings (SSSR count). The zero-order valence-corrected chi connectivity index (χ0v) is 8.30. The fourth-order valence-corrected chi connectivity index (χ4v) is 0.428. The number of aromatic hydroxyl groups is 1. The summed E-state index contributed by atoms with van der Waals surface area (Å²) in [5.74, 6) is -0.660. The summed E-state index contributed by atoms with van der Waals surface area (Å²) in [4.78, 5) is 9.25. The van der Waals surface area contributed by atoms with Crippen molar-refractivity contribution in [1.29, 1.82) is 0 Å². The van der Waals surface area contributed by atoms with Crippen molar-refractivity contribution in [1.82, 2.24) is 0 Å². The first-order valence-electron chi connectivity index (χ1n) is 4.34. The van der Waals surface area contributed by atoms with Crippen molar-refractivity contribution in [2.75, 3.05) is 13.2 Å². The van der Waals surface area contributed by atoms with Crippen LogP contribution in [0.2, 0.25) is 0 Å². The number of rotatable bonds is 1. The molecule has 0 radical (unpaired) electrons. The molecule has 1 aliphatic rings. The molecule has 1 aromatic carbocycles. The minimum absolute atomic E-state index is 0.322. The maximum atomic E-state index is 9.25. The van der Waals surface area contributed by atoms with Gasteiger partial charge < -0.3 is 14.9 Å². The number of carboxylic acid groups (broad SMARTS) is 1. The van der Waals surface area contributed by atoms with Crippen LogP contribution in [0.25, 0.3) is 0 Å². The first-order chi connectivity index (χ1) is 7.16. The van der Waals surface area contributed by atoms with E-state index in [9.17, 15) is 4.79 Å². The van der Waals surface area contributed by atoms with Crippen molar-refractivity contribution in [3.8, 4) is 5.75 Å². The second-order valence-corrected chi connectivity index (χ2v) is 2.49. The molecule has 1 aliphatic heterocycles. The molecule has 1 fully saturated rings. The van der Waals surface area contributed by atoms with Crippen molar-refractivity contribution < 1.29 is 19.7 Å². The Morgan fingerprint density at radius 1 is 1.33 bits per heavy atom. The number of carboxylic acids is 1. The van der Waals surface area contributed by atoms with Gasteiger partial charge in [0.1, 0.15) is 5.75 Å². The third-order valence-corrected chi connectivity index (χ3v) is 1.13. The molecule has 0 spiro atoms. The molecule has 4 nitrogen and oxygen atoms in total. The highest BCUT2D eigenvalue weighted by molar-refractivity contribution is 5.78. The van der Waals surface area contributed by atoms with Crippen LogP contribution in [-0.2, 0) is 9.53 Å². The van der Waals surface area contributed by atoms with Crippen molar-refractivity contribution >= 4 is 5.97 Å². The summed E-state index contributed by atoms with van der Waals surface area (Å²) in [5, 5.41) is 16.2. The van der Waals surface area contributed by atoms with Crippen LogP contribution >= 0.6 is 0 Å². The number of aliphatic carboxylic acids is 1. The third-order valence-electron chi connectivity index (χ3n) is 1.13. The summed E-state index contributed by atoms with van der Waals surface area (Å²) in [6.45, 7) is 4.96. The minimum atomic E-state index is -0.981. The lowest BCUT2D eigenvalue weighted by atomic mass is 10.3. The monoisotopic (exact) mass is 210 g/mol. The molecule has 0 amide bonds. The zero-order valence-electron chi connectivity index (χ0n) is 8.30. The van der Waals surface area contributed by atoms with Crippen LogP contribution in [0.5, 0.6) is 5.75 Å². The molecule has 0 unspecified atom stereocenters. The van der Waals surface area contributed by atoms with E-state index in [1.807, 2.05) is 6.07 Å². The molecule has 1 aromatic rings. The van der Waals surface area contributed by atoms with Crippen LogP contribution in [0, 0.1) is 0 Å². The highest BCUT2D eigenvalue weighted by Gasteiger charge is 1.94. The summed E-state index contributed by atoms with van der Waals surface area (Å²) in [5.41, 5.74) is 0. The Morgan fingerprint density at radius 2 is 1.73 bits per heavy atom. The second kappa shape index (κ2) is 8.77. The number of para-hydroxylation sites is 1. The molecule has 0 atom stereocenters. The van der Waals surface area contributed by atoms with E-state index in [1.54, 1.807) is 24.3 Å². The number of hydrogen-bond acceptors (Lipinski definition) is 3. The summed E-state index contributed by atoms with van der Waals surface area (Å²) >= 11 is 0. The van der Waals surface area contributed by atoms with E-state index in [1.165, 1.54) is 0 Å². The van der Waals surface area contributed by atoms with Gasteiger partial charge in [0.25, 0.3) is 0 Å². The Bertz CT molecular complexity index is 277. The number of carbonyl (C=O) groups is 1. The fourth-order valence-electron chi connectivity index (χ4n) is 0.428. The lowest BCUT2D eigenvalue weighted by Crippen LogP contribution is -1.82. The number of ether oxygens (including phenoxy) is 1. The van der Waals surface area contributed by atoms with Crippen LogP contribution in [0.15, 0.2) is 43.0 Å². The average molecular weight is 210 g/mol. The summed E-state index contributed by atoms with van der Waals surface area (Å²) < 4.78 is 4.50. The van der Waals surface area contributed by atoms with E-state index in [0.717, 1.165) is 19.3 Å². The number of epoxide rings is 1. The normalized spacial score (nSPS) is 10.9. The lowest BCUT2D eigenvalue weighted by molar-refractivity contribution is -0.131. The van der Waals surface area contributed by atoms with E-state index < -0.39 is 5.97 Å². The molecule has 0 saturated carbocycles. The largest absolute Gasteiger partial charge is 0.508 e. The van der Waals surface area contributed by atoms with Crippen molar-refractivity contribution in [2.45, 2.75) is 0 Å². The first kappa shape index (κ1) is 13.2. The zero-order chi connectivity index (χ0) is 11.5. The predicted molar refractivity (Wildman–Crippen MR) is 56.8 cm³/mol. The standard InChI is InChI=1S/C6H6O.C3H4O2.C2H4O/c7-6-4-2-1-3-5-6;1-2-3(4)5;1-2-3-1/h1-5,7H;2H,1H2,(H,4,5);1-2H2. The van der Waals surface area contributed by atoms with Crippen LogP contribution < -0.4 is 0 Å². The molecule has 1 saturated heterocycles. The molecule has 0 aromatic heterocycles. The molecule has 1 heterocycles. The van der Waals surface area contributed by atoms with Crippen LogP contribution in [0.1, 0.15) is 0 Å². The van der Waals surface area contributed by atoms with Crippen LogP contribution in [-0.4, -0.2) is 29.4 Å². The molecule has 4 heteroatoms.